The minimum absolute atomic E-state index is 0.129. The van der Waals surface area contributed by atoms with Crippen molar-refractivity contribution in [2.75, 3.05) is 11.4 Å². The monoisotopic (exact) mass is 477 g/mol. The second kappa shape index (κ2) is 8.49. The molecule has 1 aliphatic rings. The van der Waals surface area contributed by atoms with Crippen molar-refractivity contribution < 1.29 is 4.79 Å². The molecule has 1 aromatic carbocycles. The molecule has 1 amide bonds. The van der Waals surface area contributed by atoms with Crippen molar-refractivity contribution in [3.8, 4) is 5.69 Å². The van der Waals surface area contributed by atoms with Crippen molar-refractivity contribution in [2.24, 2.45) is 7.05 Å². The number of imidazole rings is 1. The number of anilines is 1. The van der Waals surface area contributed by atoms with Crippen molar-refractivity contribution in [1.29, 1.82) is 0 Å². The molecule has 3 aromatic heterocycles. The number of carbonyl (C=O) groups is 1. The highest BCUT2D eigenvalue weighted by molar-refractivity contribution is 6.30. The first kappa shape index (κ1) is 22.0. The molecule has 0 saturated carbocycles. The van der Waals surface area contributed by atoms with E-state index in [1.807, 2.05) is 47.4 Å². The number of hydrogen-bond donors (Lipinski definition) is 1. The van der Waals surface area contributed by atoms with Gasteiger partial charge in [0, 0.05) is 37.1 Å². The quantitative estimate of drug-likeness (QED) is 0.477. The Bertz CT molecular complexity index is 1450. The minimum atomic E-state index is -0.406. The highest BCUT2D eigenvalue weighted by Gasteiger charge is 2.36. The van der Waals surface area contributed by atoms with Gasteiger partial charge in [-0.1, -0.05) is 36.4 Å². The van der Waals surface area contributed by atoms with E-state index in [1.165, 1.54) is 4.68 Å². The number of amides is 1. The molecule has 0 radical (unpaired) electrons. The van der Waals surface area contributed by atoms with Crippen LogP contribution in [0.25, 0.3) is 11.3 Å². The molecular formula is C24H24ClN7O2. The van der Waals surface area contributed by atoms with E-state index in [-0.39, 0.29) is 23.2 Å². The van der Waals surface area contributed by atoms with E-state index in [2.05, 4.69) is 22.0 Å². The number of para-hydroxylation sites is 1. The van der Waals surface area contributed by atoms with Crippen LogP contribution in [-0.4, -0.2) is 48.5 Å². The first-order valence-corrected chi connectivity index (χ1v) is 11.3. The lowest BCUT2D eigenvalue weighted by Gasteiger charge is -2.24. The number of nitrogens with zero attached hydrogens (tertiary/aromatic N) is 6. The molecule has 5 rings (SSSR count). The van der Waals surface area contributed by atoms with E-state index in [4.69, 9.17) is 11.6 Å². The van der Waals surface area contributed by atoms with Crippen LogP contribution < -0.4 is 15.8 Å². The molecule has 1 N–H and O–H groups in total. The molecule has 34 heavy (non-hydrogen) atoms. The van der Waals surface area contributed by atoms with E-state index in [9.17, 15) is 9.59 Å². The van der Waals surface area contributed by atoms with Gasteiger partial charge in [0.15, 0.2) is 5.65 Å². The molecule has 4 aromatic rings. The molecule has 4 heterocycles. The number of aromatic nitrogens is 5. The molecule has 1 saturated heterocycles. The van der Waals surface area contributed by atoms with Crippen LogP contribution in [0.5, 0.6) is 0 Å². The first-order chi connectivity index (χ1) is 16.3. The fourth-order valence-corrected chi connectivity index (χ4v) is 4.74. The van der Waals surface area contributed by atoms with Crippen LogP contribution in [0.15, 0.2) is 71.3 Å². The largest absolute Gasteiger partial charge is 0.347 e. The Balaban J connectivity index is 1.41. The van der Waals surface area contributed by atoms with Crippen LogP contribution >= 0.6 is 11.6 Å². The average molecular weight is 478 g/mol. The topological polar surface area (TPSA) is 89.5 Å². The fraction of sp³-hybridized carbons (Fsp3) is 0.250. The Hall–Kier alpha value is -3.85. The number of fused-ring (bicyclic) bond motifs is 1. The second-order valence-corrected chi connectivity index (χ2v) is 8.86. The molecule has 0 spiro atoms. The number of nitrogens with one attached hydrogen (secondary N) is 1. The summed E-state index contributed by atoms with van der Waals surface area (Å²) in [6, 6.07) is 12.5. The molecule has 1 aliphatic heterocycles. The number of carbonyl (C=O) groups excluding carboxylic acids is 1. The molecule has 9 nitrogen and oxygen atoms in total. The summed E-state index contributed by atoms with van der Waals surface area (Å²) in [5.74, 6) is 0.299. The maximum atomic E-state index is 13.3. The van der Waals surface area contributed by atoms with Crippen molar-refractivity contribution in [2.45, 2.75) is 25.4 Å². The van der Waals surface area contributed by atoms with Crippen LogP contribution in [0.2, 0.25) is 0 Å². The highest BCUT2D eigenvalue weighted by atomic mass is 35.5. The van der Waals surface area contributed by atoms with E-state index in [1.54, 1.807) is 35.6 Å². The van der Waals surface area contributed by atoms with Crippen molar-refractivity contribution in [3.63, 3.8) is 0 Å². The number of rotatable bonds is 5. The van der Waals surface area contributed by atoms with Crippen LogP contribution in [0.1, 0.15) is 22.5 Å². The van der Waals surface area contributed by atoms with Crippen LogP contribution in [-0.2, 0) is 7.05 Å². The third kappa shape index (κ3) is 3.67. The lowest BCUT2D eigenvalue weighted by molar-refractivity contribution is 0.0938. The van der Waals surface area contributed by atoms with Crippen molar-refractivity contribution in [3.05, 3.63) is 88.1 Å². The molecule has 0 aliphatic carbocycles. The van der Waals surface area contributed by atoms with E-state index in [0.717, 1.165) is 5.65 Å². The average Bonchev–Trinajstić information content (AvgIpc) is 3.51. The Morgan fingerprint density at radius 3 is 2.71 bits per heavy atom. The summed E-state index contributed by atoms with van der Waals surface area (Å²) in [5.41, 5.74) is 1.80. The second-order valence-electron chi connectivity index (χ2n) is 8.38. The van der Waals surface area contributed by atoms with Gasteiger partial charge >= 0.3 is 0 Å². The fourth-order valence-electron chi connectivity index (χ4n) is 4.54. The van der Waals surface area contributed by atoms with E-state index >= 15 is 0 Å². The van der Waals surface area contributed by atoms with Gasteiger partial charge in [0.25, 0.3) is 11.5 Å². The molecular weight excluding hydrogens is 454 g/mol. The maximum Gasteiger partial charge on any atom is 0.284 e. The van der Waals surface area contributed by atoms with Crippen LogP contribution in [0, 0.1) is 6.92 Å². The predicted octanol–water partition coefficient (Wildman–Crippen LogP) is 2.66. The van der Waals surface area contributed by atoms with Gasteiger partial charge in [-0.15, -0.1) is 5.10 Å². The van der Waals surface area contributed by atoms with Gasteiger partial charge in [-0.2, -0.15) is 0 Å². The molecule has 1 fully saturated rings. The zero-order valence-corrected chi connectivity index (χ0v) is 19.6. The van der Waals surface area contributed by atoms with Crippen LogP contribution in [0.3, 0.4) is 0 Å². The Labute approximate surface area is 200 Å². The van der Waals surface area contributed by atoms with Crippen molar-refractivity contribution in [1.82, 2.24) is 29.3 Å². The van der Waals surface area contributed by atoms with E-state index < -0.39 is 5.91 Å². The van der Waals surface area contributed by atoms with Gasteiger partial charge in [0.05, 0.1) is 17.4 Å². The minimum Gasteiger partial charge on any atom is -0.347 e. The smallest absolute Gasteiger partial charge is 0.284 e. The summed E-state index contributed by atoms with van der Waals surface area (Å²) >= 11 is 6.33. The van der Waals surface area contributed by atoms with E-state index in [0.29, 0.717) is 35.2 Å². The van der Waals surface area contributed by atoms with Crippen LogP contribution in [0.4, 0.5) is 5.82 Å². The van der Waals surface area contributed by atoms with Gasteiger partial charge in [-0.3, -0.25) is 14.3 Å². The SMILES string of the molecule is C=C(Cl)[C@H]1C[C@H](NC(=O)c2c(C)n(C)n(-c3ccccc3)c2=O)CN1c1ccc2nccn2n1. The van der Waals surface area contributed by atoms with Gasteiger partial charge in [-0.05, 0) is 37.6 Å². The summed E-state index contributed by atoms with van der Waals surface area (Å²) in [7, 11) is 1.77. The van der Waals surface area contributed by atoms with Gasteiger partial charge < -0.3 is 10.2 Å². The summed E-state index contributed by atoms with van der Waals surface area (Å²) in [6.07, 6.45) is 4.01. The number of hydrogen-bond acceptors (Lipinski definition) is 5. The third-order valence-electron chi connectivity index (χ3n) is 6.31. The standard InChI is InChI=1S/C24H24ClN7O2/c1-15(25)19-13-17(14-30(19)21-10-9-20-26-11-12-31(20)28-21)27-23(33)22-16(2)29(3)32(24(22)34)18-7-5-4-6-8-18/h4-12,17,19H,1,13-14H2,2-3H3,(H,27,33)/t17-,19+/m0/s1. The Morgan fingerprint density at radius 1 is 1.21 bits per heavy atom. The summed E-state index contributed by atoms with van der Waals surface area (Å²) in [6.45, 7) is 6.17. The molecule has 2 atom stereocenters. The molecule has 174 valence electrons. The van der Waals surface area contributed by atoms with Crippen molar-refractivity contribution >= 4 is 29.0 Å². The maximum absolute atomic E-state index is 13.3. The normalized spacial score (nSPS) is 17.9. The highest BCUT2D eigenvalue weighted by Crippen LogP contribution is 2.30. The predicted molar refractivity (Wildman–Crippen MR) is 131 cm³/mol. The van der Waals surface area contributed by atoms with Gasteiger partial charge in [0.2, 0.25) is 0 Å². The zero-order valence-electron chi connectivity index (χ0n) is 18.8. The van der Waals surface area contributed by atoms with Gasteiger partial charge in [-0.25, -0.2) is 14.2 Å². The lowest BCUT2D eigenvalue weighted by atomic mass is 10.1. The first-order valence-electron chi connectivity index (χ1n) is 10.9. The number of halogens is 1. The lowest BCUT2D eigenvalue weighted by Crippen LogP contribution is -2.39. The molecule has 0 unspecified atom stereocenters. The Morgan fingerprint density at radius 2 is 1.97 bits per heavy atom. The summed E-state index contributed by atoms with van der Waals surface area (Å²) < 4.78 is 4.88. The molecule has 0 bridgehead atoms. The van der Waals surface area contributed by atoms with Gasteiger partial charge in [0.1, 0.15) is 11.4 Å². The number of benzene rings is 1. The summed E-state index contributed by atoms with van der Waals surface area (Å²) in [5, 5.41) is 8.11. The molecule has 10 heteroatoms. The Kier molecular flexibility index (Phi) is 5.49. The summed E-state index contributed by atoms with van der Waals surface area (Å²) in [4.78, 5) is 32.7. The zero-order chi connectivity index (χ0) is 24.0. The third-order valence-corrected chi connectivity index (χ3v) is 6.57.